The topological polar surface area (TPSA) is 78.9 Å². The summed E-state index contributed by atoms with van der Waals surface area (Å²) in [6, 6.07) is 4.42. The highest BCUT2D eigenvalue weighted by Crippen LogP contribution is 2.13. The highest BCUT2D eigenvalue weighted by atomic mass is 19.1. The maximum atomic E-state index is 13.8. The van der Waals surface area contributed by atoms with Crippen LogP contribution in [0, 0.1) is 12.7 Å². The molecular formula is C13H18FN3O2. The number of nitrogens with two attached hydrogens (primary N) is 1. The molecule has 19 heavy (non-hydrogen) atoms. The van der Waals surface area contributed by atoms with E-state index in [1.165, 1.54) is 17.0 Å². The van der Waals surface area contributed by atoms with Gasteiger partial charge in [0.05, 0.1) is 12.1 Å². The summed E-state index contributed by atoms with van der Waals surface area (Å²) >= 11 is 0. The van der Waals surface area contributed by atoms with E-state index in [9.17, 15) is 9.18 Å². The van der Waals surface area contributed by atoms with Gasteiger partial charge in [-0.3, -0.25) is 4.79 Å². The maximum Gasteiger partial charge on any atom is 0.257 e. The minimum Gasteiger partial charge on any atom is -0.409 e. The molecule has 3 N–H and O–H groups in total. The summed E-state index contributed by atoms with van der Waals surface area (Å²) in [5, 5.41) is 11.4. The first-order valence-corrected chi connectivity index (χ1v) is 6.01. The zero-order chi connectivity index (χ0) is 14.4. The molecule has 1 aromatic carbocycles. The number of carbonyl (C=O) groups excluding carboxylic acids is 1. The van der Waals surface area contributed by atoms with Gasteiger partial charge in [-0.25, -0.2) is 4.39 Å². The number of amidine groups is 1. The lowest BCUT2D eigenvalue weighted by Gasteiger charge is -2.21. The van der Waals surface area contributed by atoms with Gasteiger partial charge in [-0.1, -0.05) is 18.1 Å². The Morgan fingerprint density at radius 3 is 2.74 bits per heavy atom. The number of amides is 1. The van der Waals surface area contributed by atoms with Crippen LogP contribution in [0.15, 0.2) is 23.4 Å². The van der Waals surface area contributed by atoms with Crippen LogP contribution in [0.1, 0.15) is 29.3 Å². The number of benzene rings is 1. The van der Waals surface area contributed by atoms with Crippen molar-refractivity contribution in [2.24, 2.45) is 10.9 Å². The first-order chi connectivity index (χ1) is 8.99. The summed E-state index contributed by atoms with van der Waals surface area (Å²) in [5.41, 5.74) is 6.13. The van der Waals surface area contributed by atoms with Crippen LogP contribution in [0.5, 0.6) is 0 Å². The normalized spacial score (nSPS) is 11.4. The van der Waals surface area contributed by atoms with E-state index in [4.69, 9.17) is 10.9 Å². The average molecular weight is 267 g/mol. The highest BCUT2D eigenvalue weighted by molar-refractivity contribution is 5.97. The van der Waals surface area contributed by atoms with Gasteiger partial charge in [0.1, 0.15) is 5.82 Å². The number of oxime groups is 1. The van der Waals surface area contributed by atoms with E-state index in [0.29, 0.717) is 13.0 Å². The van der Waals surface area contributed by atoms with Crippen LogP contribution >= 0.6 is 0 Å². The van der Waals surface area contributed by atoms with Crippen LogP contribution in [-0.2, 0) is 0 Å². The van der Waals surface area contributed by atoms with Crippen LogP contribution in [0.3, 0.4) is 0 Å². The molecule has 0 atom stereocenters. The van der Waals surface area contributed by atoms with Crippen molar-refractivity contribution < 1.29 is 14.4 Å². The number of aryl methyl sites for hydroxylation is 1. The first kappa shape index (κ1) is 14.9. The van der Waals surface area contributed by atoms with Gasteiger partial charge in [0.15, 0.2) is 5.84 Å². The molecule has 6 heteroatoms. The van der Waals surface area contributed by atoms with E-state index in [1.54, 1.807) is 13.0 Å². The number of hydrogen-bond donors (Lipinski definition) is 2. The Kier molecular flexibility index (Phi) is 5.29. The third-order valence-corrected chi connectivity index (χ3v) is 2.62. The van der Waals surface area contributed by atoms with Gasteiger partial charge in [0.2, 0.25) is 0 Å². The summed E-state index contributed by atoms with van der Waals surface area (Å²) in [6.45, 7) is 4.01. The Morgan fingerprint density at radius 1 is 1.53 bits per heavy atom. The van der Waals surface area contributed by atoms with Gasteiger partial charge in [-0.15, -0.1) is 0 Å². The number of rotatable bonds is 5. The van der Waals surface area contributed by atoms with E-state index in [2.05, 4.69) is 5.16 Å². The molecule has 0 radical (unpaired) electrons. The van der Waals surface area contributed by atoms with E-state index in [1.807, 2.05) is 6.92 Å². The highest BCUT2D eigenvalue weighted by Gasteiger charge is 2.19. The molecule has 0 aliphatic carbocycles. The number of carbonyl (C=O) groups is 1. The van der Waals surface area contributed by atoms with Gasteiger partial charge in [-0.05, 0) is 31.0 Å². The Hall–Kier alpha value is -2.11. The van der Waals surface area contributed by atoms with Gasteiger partial charge < -0.3 is 15.8 Å². The fraction of sp³-hybridized carbons (Fsp3) is 0.385. The largest absolute Gasteiger partial charge is 0.409 e. The molecule has 0 spiro atoms. The van der Waals surface area contributed by atoms with Crippen molar-refractivity contribution in [3.8, 4) is 0 Å². The predicted octanol–water partition coefficient (Wildman–Crippen LogP) is 1.73. The van der Waals surface area contributed by atoms with E-state index >= 15 is 0 Å². The minimum absolute atomic E-state index is 0.00945. The molecule has 0 unspecified atom stereocenters. The Labute approximate surface area is 111 Å². The molecular weight excluding hydrogens is 249 g/mol. The third kappa shape index (κ3) is 3.94. The second-order valence-corrected chi connectivity index (χ2v) is 4.30. The van der Waals surface area contributed by atoms with E-state index < -0.39 is 11.7 Å². The van der Waals surface area contributed by atoms with Crippen LogP contribution < -0.4 is 5.73 Å². The van der Waals surface area contributed by atoms with Crippen molar-refractivity contribution in [2.45, 2.75) is 20.3 Å². The third-order valence-electron chi connectivity index (χ3n) is 2.62. The van der Waals surface area contributed by atoms with Crippen molar-refractivity contribution in [1.29, 1.82) is 0 Å². The Balaban J connectivity index is 2.98. The Bertz CT molecular complexity index is 489. The molecule has 0 saturated carbocycles. The molecule has 5 nitrogen and oxygen atoms in total. The van der Waals surface area contributed by atoms with Crippen LogP contribution in [0.2, 0.25) is 0 Å². The lowest BCUT2D eigenvalue weighted by Crippen LogP contribution is -2.39. The monoisotopic (exact) mass is 267 g/mol. The Morgan fingerprint density at radius 2 is 2.21 bits per heavy atom. The van der Waals surface area contributed by atoms with Crippen LogP contribution in [0.4, 0.5) is 4.39 Å². The van der Waals surface area contributed by atoms with Crippen molar-refractivity contribution in [2.75, 3.05) is 13.1 Å². The molecule has 0 aliphatic heterocycles. The van der Waals surface area contributed by atoms with Crippen molar-refractivity contribution in [3.05, 3.63) is 35.1 Å². The zero-order valence-corrected chi connectivity index (χ0v) is 11.1. The van der Waals surface area contributed by atoms with Gasteiger partial charge in [0, 0.05) is 6.54 Å². The maximum absolute atomic E-state index is 13.8. The molecule has 0 saturated heterocycles. The van der Waals surface area contributed by atoms with Gasteiger partial charge in [0.25, 0.3) is 5.91 Å². The van der Waals surface area contributed by atoms with Crippen LogP contribution in [-0.4, -0.2) is 34.9 Å². The van der Waals surface area contributed by atoms with Crippen molar-refractivity contribution >= 4 is 11.7 Å². The average Bonchev–Trinajstić information content (AvgIpc) is 2.37. The second kappa shape index (κ2) is 6.72. The number of halogens is 1. The standard InChI is InChI=1S/C13H18FN3O2/c1-3-6-17(8-12(15)16-19)13(18)10-5-4-9(2)7-11(10)14/h4-5,7,19H,3,6,8H2,1-2H3,(H2,15,16). The van der Waals surface area contributed by atoms with Crippen LogP contribution in [0.25, 0.3) is 0 Å². The number of hydrogen-bond acceptors (Lipinski definition) is 3. The smallest absolute Gasteiger partial charge is 0.257 e. The molecule has 104 valence electrons. The van der Waals surface area contributed by atoms with Crippen molar-refractivity contribution in [1.82, 2.24) is 4.90 Å². The summed E-state index contributed by atoms with van der Waals surface area (Å²) in [4.78, 5) is 13.6. The molecule has 1 amide bonds. The molecule has 0 fully saturated rings. The number of nitrogens with zero attached hydrogens (tertiary/aromatic N) is 2. The molecule has 1 rings (SSSR count). The summed E-state index contributed by atoms with van der Waals surface area (Å²) < 4.78 is 13.8. The van der Waals surface area contributed by atoms with Gasteiger partial charge >= 0.3 is 0 Å². The SMILES string of the molecule is CCCN(CC(N)=NO)C(=O)c1ccc(C)cc1F. The summed E-state index contributed by atoms with van der Waals surface area (Å²) in [7, 11) is 0. The first-order valence-electron chi connectivity index (χ1n) is 6.01. The van der Waals surface area contributed by atoms with E-state index in [0.717, 1.165) is 5.56 Å². The molecule has 0 aliphatic rings. The summed E-state index contributed by atoms with van der Waals surface area (Å²) in [6.07, 6.45) is 0.692. The fourth-order valence-corrected chi connectivity index (χ4v) is 1.71. The second-order valence-electron chi connectivity index (χ2n) is 4.30. The summed E-state index contributed by atoms with van der Waals surface area (Å²) in [5.74, 6) is -1.12. The predicted molar refractivity (Wildman–Crippen MR) is 70.7 cm³/mol. The fourth-order valence-electron chi connectivity index (χ4n) is 1.71. The molecule has 0 bridgehead atoms. The lowest BCUT2D eigenvalue weighted by molar-refractivity contribution is 0.0773. The minimum atomic E-state index is -0.564. The quantitative estimate of drug-likeness (QED) is 0.369. The zero-order valence-electron chi connectivity index (χ0n) is 11.1. The molecule has 1 aromatic rings. The van der Waals surface area contributed by atoms with Gasteiger partial charge in [-0.2, -0.15) is 0 Å². The molecule has 0 aromatic heterocycles. The lowest BCUT2D eigenvalue weighted by atomic mass is 10.1. The van der Waals surface area contributed by atoms with E-state index in [-0.39, 0.29) is 17.9 Å². The molecule has 0 heterocycles. The van der Waals surface area contributed by atoms with Crippen molar-refractivity contribution in [3.63, 3.8) is 0 Å².